The standard InChI is InChI=1S/C28H33FN4O3/c1-4-33-19-25(20(2)30-33)28(35)32-15-14-26(36-24-12-10-23(29)11-13-24)22(18-32)16-27(34)31(3)17-21-8-6-5-7-9-21/h5-13,19,22,26H,4,14-18H2,1-3H3/t22-,26-/m0/s1. The molecule has 2 amide bonds. The number of amides is 2. The van der Waals surface area contributed by atoms with Crippen LogP contribution in [0.1, 0.15) is 41.4 Å². The van der Waals surface area contributed by atoms with Crippen LogP contribution < -0.4 is 4.74 Å². The molecule has 0 bridgehead atoms. The number of nitrogens with zero attached hydrogens (tertiary/aromatic N) is 4. The SMILES string of the molecule is CCn1cc(C(=O)N2CC[C@H](Oc3ccc(F)cc3)[C@@H](CC(=O)N(C)Cc3ccccc3)C2)c(C)n1. The van der Waals surface area contributed by atoms with Crippen molar-refractivity contribution in [2.24, 2.45) is 5.92 Å². The van der Waals surface area contributed by atoms with E-state index in [4.69, 9.17) is 4.74 Å². The number of piperidine rings is 1. The third kappa shape index (κ3) is 6.11. The summed E-state index contributed by atoms with van der Waals surface area (Å²) in [5.41, 5.74) is 2.33. The number of aromatic nitrogens is 2. The van der Waals surface area contributed by atoms with E-state index in [1.807, 2.05) is 44.2 Å². The zero-order valence-corrected chi connectivity index (χ0v) is 21.1. The maximum absolute atomic E-state index is 13.4. The van der Waals surface area contributed by atoms with Crippen LogP contribution in [0.2, 0.25) is 0 Å². The molecule has 4 rings (SSSR count). The van der Waals surface area contributed by atoms with Crippen LogP contribution in [0, 0.1) is 18.7 Å². The van der Waals surface area contributed by atoms with E-state index < -0.39 is 0 Å². The molecule has 2 atom stereocenters. The molecule has 0 radical (unpaired) electrons. The van der Waals surface area contributed by atoms with Gasteiger partial charge in [-0.1, -0.05) is 30.3 Å². The Morgan fingerprint density at radius 2 is 1.86 bits per heavy atom. The van der Waals surface area contributed by atoms with Crippen LogP contribution in [0.25, 0.3) is 0 Å². The molecule has 1 aliphatic rings. The van der Waals surface area contributed by atoms with Crippen LogP contribution in [-0.2, 0) is 17.9 Å². The molecule has 2 aromatic carbocycles. The number of hydrogen-bond acceptors (Lipinski definition) is 4. The van der Waals surface area contributed by atoms with Crippen LogP contribution in [0.5, 0.6) is 5.75 Å². The first-order chi connectivity index (χ1) is 17.3. The molecule has 1 fully saturated rings. The molecule has 1 saturated heterocycles. The van der Waals surface area contributed by atoms with Gasteiger partial charge in [0.25, 0.3) is 5.91 Å². The van der Waals surface area contributed by atoms with Crippen molar-refractivity contribution >= 4 is 11.8 Å². The Bertz CT molecular complexity index is 1180. The molecule has 0 spiro atoms. The maximum atomic E-state index is 13.4. The van der Waals surface area contributed by atoms with E-state index in [0.29, 0.717) is 49.6 Å². The first-order valence-electron chi connectivity index (χ1n) is 12.4. The van der Waals surface area contributed by atoms with Crippen molar-refractivity contribution in [2.45, 2.75) is 45.9 Å². The molecule has 190 valence electrons. The Morgan fingerprint density at radius 3 is 2.53 bits per heavy atom. The minimum atomic E-state index is -0.333. The second kappa shape index (κ2) is 11.4. The summed E-state index contributed by atoms with van der Waals surface area (Å²) < 4.78 is 21.4. The zero-order valence-electron chi connectivity index (χ0n) is 21.1. The van der Waals surface area contributed by atoms with Crippen LogP contribution in [0.3, 0.4) is 0 Å². The van der Waals surface area contributed by atoms with Gasteiger partial charge in [0.1, 0.15) is 17.7 Å². The summed E-state index contributed by atoms with van der Waals surface area (Å²) in [6.45, 7) is 5.91. The smallest absolute Gasteiger partial charge is 0.257 e. The van der Waals surface area contributed by atoms with Gasteiger partial charge in [-0.05, 0) is 43.7 Å². The number of carbonyl (C=O) groups excluding carboxylic acids is 2. The number of likely N-dealkylation sites (tertiary alicyclic amines) is 1. The molecule has 36 heavy (non-hydrogen) atoms. The zero-order chi connectivity index (χ0) is 25.7. The number of hydrogen-bond donors (Lipinski definition) is 0. The number of carbonyl (C=O) groups is 2. The summed E-state index contributed by atoms with van der Waals surface area (Å²) in [4.78, 5) is 30.1. The van der Waals surface area contributed by atoms with Crippen LogP contribution >= 0.6 is 0 Å². The van der Waals surface area contributed by atoms with Gasteiger partial charge in [0.05, 0.1) is 11.3 Å². The number of ether oxygens (including phenoxy) is 1. The molecule has 0 aliphatic carbocycles. The van der Waals surface area contributed by atoms with E-state index in [1.54, 1.807) is 39.9 Å². The molecule has 1 aliphatic heterocycles. The van der Waals surface area contributed by atoms with E-state index in [9.17, 15) is 14.0 Å². The Morgan fingerprint density at radius 1 is 1.14 bits per heavy atom. The molecule has 0 saturated carbocycles. The fourth-order valence-corrected chi connectivity index (χ4v) is 4.62. The molecule has 0 unspecified atom stereocenters. The normalized spacial score (nSPS) is 17.6. The second-order valence-corrected chi connectivity index (χ2v) is 9.33. The van der Waals surface area contributed by atoms with Gasteiger partial charge in [-0.15, -0.1) is 0 Å². The monoisotopic (exact) mass is 492 g/mol. The van der Waals surface area contributed by atoms with Gasteiger partial charge in [0.2, 0.25) is 5.91 Å². The Labute approximate surface area is 211 Å². The van der Waals surface area contributed by atoms with E-state index in [1.165, 1.54) is 12.1 Å². The van der Waals surface area contributed by atoms with E-state index >= 15 is 0 Å². The molecule has 3 aromatic rings. The molecular weight excluding hydrogens is 459 g/mol. The van der Waals surface area contributed by atoms with Gasteiger partial charge in [-0.25, -0.2) is 4.39 Å². The number of aryl methyl sites for hydroxylation is 2. The lowest BCUT2D eigenvalue weighted by Gasteiger charge is -2.38. The van der Waals surface area contributed by atoms with Gasteiger partial charge >= 0.3 is 0 Å². The summed E-state index contributed by atoms with van der Waals surface area (Å²) in [5.74, 6) is -0.0836. The fourth-order valence-electron chi connectivity index (χ4n) is 4.62. The quantitative estimate of drug-likeness (QED) is 0.470. The van der Waals surface area contributed by atoms with Crippen LogP contribution in [-0.4, -0.2) is 57.6 Å². The Kier molecular flexibility index (Phi) is 8.03. The van der Waals surface area contributed by atoms with Crippen LogP contribution in [0.4, 0.5) is 4.39 Å². The predicted molar refractivity (Wildman–Crippen MR) is 135 cm³/mol. The lowest BCUT2D eigenvalue weighted by Crippen LogP contribution is -2.49. The molecule has 2 heterocycles. The third-order valence-corrected chi connectivity index (χ3v) is 6.68. The van der Waals surface area contributed by atoms with E-state index in [0.717, 1.165) is 5.56 Å². The largest absolute Gasteiger partial charge is 0.490 e. The highest BCUT2D eigenvalue weighted by Gasteiger charge is 2.36. The predicted octanol–water partition coefficient (Wildman–Crippen LogP) is 4.31. The highest BCUT2D eigenvalue weighted by atomic mass is 19.1. The average Bonchev–Trinajstić information content (AvgIpc) is 3.27. The molecule has 0 N–H and O–H groups in total. The summed E-state index contributed by atoms with van der Waals surface area (Å²) in [7, 11) is 1.79. The van der Waals surface area contributed by atoms with Crippen LogP contribution in [0.15, 0.2) is 60.8 Å². The molecule has 7 nitrogen and oxygen atoms in total. The summed E-state index contributed by atoms with van der Waals surface area (Å²) >= 11 is 0. The fraction of sp³-hybridized carbons (Fsp3) is 0.393. The van der Waals surface area contributed by atoms with Gasteiger partial charge < -0.3 is 14.5 Å². The van der Waals surface area contributed by atoms with Gasteiger partial charge in [-0.2, -0.15) is 5.10 Å². The third-order valence-electron chi connectivity index (χ3n) is 6.68. The highest BCUT2D eigenvalue weighted by molar-refractivity contribution is 5.95. The summed E-state index contributed by atoms with van der Waals surface area (Å²) in [6.07, 6.45) is 2.33. The summed E-state index contributed by atoms with van der Waals surface area (Å²) in [5, 5.41) is 4.41. The number of halogens is 1. The van der Waals surface area contributed by atoms with E-state index in [2.05, 4.69) is 5.10 Å². The molecule has 8 heteroatoms. The minimum absolute atomic E-state index is 0.0131. The average molecular weight is 493 g/mol. The number of rotatable bonds is 8. The van der Waals surface area contributed by atoms with Gasteiger partial charge in [-0.3, -0.25) is 14.3 Å². The molecule has 1 aromatic heterocycles. The maximum Gasteiger partial charge on any atom is 0.257 e. The Balaban J connectivity index is 1.49. The second-order valence-electron chi connectivity index (χ2n) is 9.33. The Hall–Kier alpha value is -3.68. The van der Waals surface area contributed by atoms with Crippen molar-refractivity contribution in [1.29, 1.82) is 0 Å². The topological polar surface area (TPSA) is 67.7 Å². The molecular formula is C28H33FN4O3. The lowest BCUT2D eigenvalue weighted by molar-refractivity contribution is -0.132. The van der Waals surface area contributed by atoms with Gasteiger partial charge in [0, 0.05) is 58.2 Å². The van der Waals surface area contributed by atoms with Crippen molar-refractivity contribution in [3.05, 3.63) is 83.4 Å². The van der Waals surface area contributed by atoms with E-state index in [-0.39, 0.29) is 36.1 Å². The lowest BCUT2D eigenvalue weighted by atomic mass is 9.90. The van der Waals surface area contributed by atoms with Crippen molar-refractivity contribution in [3.63, 3.8) is 0 Å². The number of benzene rings is 2. The van der Waals surface area contributed by atoms with Crippen molar-refractivity contribution in [3.8, 4) is 5.75 Å². The van der Waals surface area contributed by atoms with Gasteiger partial charge in [0.15, 0.2) is 0 Å². The minimum Gasteiger partial charge on any atom is -0.490 e. The van der Waals surface area contributed by atoms with Crippen molar-refractivity contribution < 1.29 is 18.7 Å². The summed E-state index contributed by atoms with van der Waals surface area (Å²) in [6, 6.07) is 15.7. The first-order valence-corrected chi connectivity index (χ1v) is 12.4. The van der Waals surface area contributed by atoms with Crippen molar-refractivity contribution in [1.82, 2.24) is 19.6 Å². The highest BCUT2D eigenvalue weighted by Crippen LogP contribution is 2.28. The van der Waals surface area contributed by atoms with Crippen molar-refractivity contribution in [2.75, 3.05) is 20.1 Å². The first kappa shape index (κ1) is 25.4.